The van der Waals surface area contributed by atoms with E-state index in [0.717, 1.165) is 17.0 Å². The van der Waals surface area contributed by atoms with Crippen LogP contribution in [0, 0.1) is 20.8 Å². The Morgan fingerprint density at radius 1 is 1.44 bits per heavy atom. The number of nitrogens with one attached hydrogen (secondary N) is 2. The van der Waals surface area contributed by atoms with Gasteiger partial charge in [0.05, 0.1) is 23.3 Å². The third-order valence-electron chi connectivity index (χ3n) is 2.43. The molecule has 0 aliphatic rings. The number of anilines is 1. The van der Waals surface area contributed by atoms with Crippen LogP contribution in [-0.4, -0.2) is 16.1 Å². The molecule has 2 N–H and O–H groups in total. The van der Waals surface area contributed by atoms with Gasteiger partial charge < -0.3 is 9.73 Å². The van der Waals surface area contributed by atoms with Crippen LogP contribution in [0.5, 0.6) is 0 Å². The molecule has 2 rings (SSSR count). The molecule has 0 atom stereocenters. The number of amides is 1. The SMILES string of the molecule is Cc1ccoc1C(=O)Nc1c(C)n[nH]c1C. The topological polar surface area (TPSA) is 70.9 Å². The molecule has 0 aliphatic heterocycles. The molecule has 5 heteroatoms. The van der Waals surface area contributed by atoms with E-state index in [4.69, 9.17) is 4.42 Å². The normalized spacial score (nSPS) is 10.4. The van der Waals surface area contributed by atoms with Crippen LogP contribution in [0.3, 0.4) is 0 Å². The second kappa shape index (κ2) is 3.84. The lowest BCUT2D eigenvalue weighted by Crippen LogP contribution is -2.13. The van der Waals surface area contributed by atoms with E-state index in [1.165, 1.54) is 6.26 Å². The molecule has 2 heterocycles. The average Bonchev–Trinajstić information content (AvgIpc) is 2.79. The zero-order valence-corrected chi connectivity index (χ0v) is 9.42. The van der Waals surface area contributed by atoms with Crippen molar-refractivity contribution in [2.45, 2.75) is 20.8 Å². The monoisotopic (exact) mass is 219 g/mol. The average molecular weight is 219 g/mol. The van der Waals surface area contributed by atoms with Gasteiger partial charge in [0.1, 0.15) is 0 Å². The van der Waals surface area contributed by atoms with Crippen LogP contribution in [0.2, 0.25) is 0 Å². The van der Waals surface area contributed by atoms with Crippen molar-refractivity contribution >= 4 is 11.6 Å². The lowest BCUT2D eigenvalue weighted by Gasteiger charge is -2.03. The first-order valence-corrected chi connectivity index (χ1v) is 4.96. The Kier molecular flexibility index (Phi) is 2.52. The summed E-state index contributed by atoms with van der Waals surface area (Å²) in [6.07, 6.45) is 1.50. The Morgan fingerprint density at radius 3 is 2.69 bits per heavy atom. The Hall–Kier alpha value is -2.04. The summed E-state index contributed by atoms with van der Waals surface area (Å²) in [5.41, 5.74) is 3.11. The highest BCUT2D eigenvalue weighted by molar-refractivity contribution is 6.03. The molecule has 0 radical (unpaired) electrons. The van der Waals surface area contributed by atoms with E-state index >= 15 is 0 Å². The highest BCUT2D eigenvalue weighted by Gasteiger charge is 2.15. The Labute approximate surface area is 92.9 Å². The van der Waals surface area contributed by atoms with Crippen molar-refractivity contribution in [2.75, 3.05) is 5.32 Å². The largest absolute Gasteiger partial charge is 0.459 e. The van der Waals surface area contributed by atoms with Gasteiger partial charge in [0.25, 0.3) is 5.91 Å². The number of furan rings is 1. The fourth-order valence-electron chi connectivity index (χ4n) is 1.51. The van der Waals surface area contributed by atoms with Crippen LogP contribution in [-0.2, 0) is 0 Å². The number of carbonyl (C=O) groups is 1. The third-order valence-corrected chi connectivity index (χ3v) is 2.43. The minimum absolute atomic E-state index is 0.255. The van der Waals surface area contributed by atoms with Crippen LogP contribution in [0.4, 0.5) is 5.69 Å². The highest BCUT2D eigenvalue weighted by atomic mass is 16.3. The van der Waals surface area contributed by atoms with Crippen LogP contribution < -0.4 is 5.32 Å². The van der Waals surface area contributed by atoms with Crippen molar-refractivity contribution in [2.24, 2.45) is 0 Å². The van der Waals surface area contributed by atoms with Crippen LogP contribution in [0.25, 0.3) is 0 Å². The van der Waals surface area contributed by atoms with Gasteiger partial charge >= 0.3 is 0 Å². The molecule has 2 aromatic rings. The lowest BCUT2D eigenvalue weighted by atomic mass is 10.2. The number of carbonyl (C=O) groups excluding carboxylic acids is 1. The first-order valence-electron chi connectivity index (χ1n) is 4.96. The summed E-state index contributed by atoms with van der Waals surface area (Å²) in [6, 6.07) is 1.75. The molecule has 0 saturated carbocycles. The van der Waals surface area contributed by atoms with Crippen LogP contribution in [0.1, 0.15) is 27.5 Å². The summed E-state index contributed by atoms with van der Waals surface area (Å²) in [4.78, 5) is 11.9. The number of aromatic nitrogens is 2. The van der Waals surface area contributed by atoms with E-state index in [2.05, 4.69) is 15.5 Å². The molecule has 16 heavy (non-hydrogen) atoms. The molecular formula is C11H13N3O2. The summed E-state index contributed by atoms with van der Waals surface area (Å²) >= 11 is 0. The maximum absolute atomic E-state index is 11.9. The van der Waals surface area contributed by atoms with Gasteiger partial charge in [0.15, 0.2) is 5.76 Å². The predicted octanol–water partition coefficient (Wildman–Crippen LogP) is 2.18. The second-order valence-corrected chi connectivity index (χ2v) is 3.70. The molecule has 0 aromatic carbocycles. The molecule has 0 bridgehead atoms. The molecule has 0 saturated heterocycles. The van der Waals surface area contributed by atoms with E-state index in [0.29, 0.717) is 11.4 Å². The third kappa shape index (κ3) is 1.71. The van der Waals surface area contributed by atoms with Gasteiger partial charge in [-0.05, 0) is 26.8 Å². The lowest BCUT2D eigenvalue weighted by molar-refractivity contribution is 0.0995. The van der Waals surface area contributed by atoms with Crippen LogP contribution >= 0.6 is 0 Å². The number of nitrogens with zero attached hydrogens (tertiary/aromatic N) is 1. The van der Waals surface area contributed by atoms with Crippen molar-refractivity contribution < 1.29 is 9.21 Å². The molecule has 2 aromatic heterocycles. The molecule has 5 nitrogen and oxygen atoms in total. The fraction of sp³-hybridized carbons (Fsp3) is 0.273. The molecule has 0 spiro atoms. The maximum Gasteiger partial charge on any atom is 0.291 e. The summed E-state index contributed by atoms with van der Waals surface area (Å²) in [5.74, 6) is 0.0788. The van der Waals surface area contributed by atoms with E-state index in [9.17, 15) is 4.79 Å². The van der Waals surface area contributed by atoms with E-state index in [1.807, 2.05) is 20.8 Å². The van der Waals surface area contributed by atoms with Gasteiger partial charge in [-0.3, -0.25) is 9.89 Å². The number of H-pyrrole nitrogens is 1. The predicted molar refractivity (Wildman–Crippen MR) is 59.5 cm³/mol. The second-order valence-electron chi connectivity index (χ2n) is 3.70. The number of rotatable bonds is 2. The maximum atomic E-state index is 11.9. The number of hydrogen-bond donors (Lipinski definition) is 2. The van der Waals surface area contributed by atoms with Gasteiger partial charge in [0, 0.05) is 5.56 Å². The van der Waals surface area contributed by atoms with Crippen molar-refractivity contribution in [1.82, 2.24) is 10.2 Å². The zero-order chi connectivity index (χ0) is 11.7. The zero-order valence-electron chi connectivity index (χ0n) is 9.42. The van der Waals surface area contributed by atoms with E-state index in [-0.39, 0.29) is 5.91 Å². The van der Waals surface area contributed by atoms with Crippen molar-refractivity contribution in [3.05, 3.63) is 35.0 Å². The van der Waals surface area contributed by atoms with Gasteiger partial charge in [-0.15, -0.1) is 0 Å². The minimum Gasteiger partial charge on any atom is -0.459 e. The number of hydrogen-bond acceptors (Lipinski definition) is 3. The number of aromatic amines is 1. The van der Waals surface area contributed by atoms with Crippen molar-refractivity contribution in [3.63, 3.8) is 0 Å². The standard InChI is InChI=1S/C11H13N3O2/c1-6-4-5-16-10(6)11(15)12-9-7(2)13-14-8(9)3/h4-5H,1-3H3,(H,12,15)(H,13,14). The summed E-state index contributed by atoms with van der Waals surface area (Å²) in [7, 11) is 0. The summed E-state index contributed by atoms with van der Waals surface area (Å²) in [5, 5.41) is 9.58. The Bertz CT molecular complexity index is 506. The summed E-state index contributed by atoms with van der Waals surface area (Å²) < 4.78 is 5.11. The first kappa shape index (κ1) is 10.5. The van der Waals surface area contributed by atoms with Crippen LogP contribution in [0.15, 0.2) is 16.7 Å². The smallest absolute Gasteiger partial charge is 0.291 e. The molecule has 0 aliphatic carbocycles. The quantitative estimate of drug-likeness (QED) is 0.813. The van der Waals surface area contributed by atoms with Gasteiger partial charge in [0.2, 0.25) is 0 Å². The van der Waals surface area contributed by atoms with Crippen molar-refractivity contribution in [1.29, 1.82) is 0 Å². The fourth-order valence-corrected chi connectivity index (χ4v) is 1.51. The highest BCUT2D eigenvalue weighted by Crippen LogP contribution is 2.18. The molecule has 84 valence electrons. The van der Waals surface area contributed by atoms with E-state index < -0.39 is 0 Å². The first-order chi connectivity index (χ1) is 7.59. The Balaban J connectivity index is 2.24. The van der Waals surface area contributed by atoms with Gasteiger partial charge in [-0.25, -0.2) is 0 Å². The van der Waals surface area contributed by atoms with Gasteiger partial charge in [-0.1, -0.05) is 0 Å². The van der Waals surface area contributed by atoms with Gasteiger partial charge in [-0.2, -0.15) is 5.10 Å². The number of aryl methyl sites for hydroxylation is 3. The Morgan fingerprint density at radius 2 is 2.19 bits per heavy atom. The summed E-state index contributed by atoms with van der Waals surface area (Å²) in [6.45, 7) is 5.51. The molecule has 0 unspecified atom stereocenters. The minimum atomic E-state index is -0.255. The van der Waals surface area contributed by atoms with Crippen molar-refractivity contribution in [3.8, 4) is 0 Å². The van der Waals surface area contributed by atoms with E-state index in [1.54, 1.807) is 6.07 Å². The molecule has 1 amide bonds. The molecule has 0 fully saturated rings. The molecular weight excluding hydrogens is 206 g/mol.